The minimum absolute atomic E-state index is 0.292. The highest BCUT2D eigenvalue weighted by molar-refractivity contribution is 5.74. The third-order valence-corrected chi connectivity index (χ3v) is 5.30. The lowest BCUT2D eigenvalue weighted by Crippen LogP contribution is -2.48. The molecule has 172 valence electrons. The van der Waals surface area contributed by atoms with Gasteiger partial charge in [-0.15, -0.1) is 0 Å². The highest BCUT2D eigenvalue weighted by Crippen LogP contribution is 2.42. The average Bonchev–Trinajstić information content (AvgIpc) is 2.80. The van der Waals surface area contributed by atoms with Gasteiger partial charge in [0.2, 0.25) is 0 Å². The highest BCUT2D eigenvalue weighted by Gasteiger charge is 2.52. The Bertz CT molecular complexity index is 1170. The first-order valence-corrected chi connectivity index (χ1v) is 9.93. The van der Waals surface area contributed by atoms with Crippen molar-refractivity contribution in [3.63, 3.8) is 0 Å². The summed E-state index contributed by atoms with van der Waals surface area (Å²) in [4.78, 5) is 7.97. The molecule has 0 radical (unpaired) electrons. The molecule has 2 aromatic carbocycles. The molecule has 1 aliphatic heterocycles. The van der Waals surface area contributed by atoms with Gasteiger partial charge in [0.15, 0.2) is 6.10 Å². The van der Waals surface area contributed by atoms with Gasteiger partial charge < -0.3 is 15.8 Å². The maximum Gasteiger partial charge on any atom is 0.425 e. The number of halogens is 5. The first-order valence-electron chi connectivity index (χ1n) is 9.93. The monoisotopic (exact) mass is 462 g/mol. The minimum Gasteiger partial charge on any atom is -0.452 e. The molecule has 2 atom stereocenters. The van der Waals surface area contributed by atoms with Crippen LogP contribution in [0.5, 0.6) is 0 Å². The maximum atomic E-state index is 14.7. The number of alkyl halides is 4. The molecule has 0 aliphatic carbocycles. The zero-order valence-corrected chi connectivity index (χ0v) is 17.1. The maximum absolute atomic E-state index is 14.7. The number of nitrogens with one attached hydrogen (secondary N) is 1. The van der Waals surface area contributed by atoms with E-state index in [4.69, 9.17) is 5.73 Å². The third-order valence-electron chi connectivity index (χ3n) is 5.30. The number of amidine groups is 1. The molecule has 5 nitrogen and oxygen atoms in total. The Balaban J connectivity index is 1.68. The second kappa shape index (κ2) is 8.68. The van der Waals surface area contributed by atoms with Crippen LogP contribution < -0.4 is 11.1 Å². The van der Waals surface area contributed by atoms with Gasteiger partial charge in [-0.05, 0) is 41.5 Å². The van der Waals surface area contributed by atoms with Crippen LogP contribution in [0, 0.1) is 5.82 Å². The summed E-state index contributed by atoms with van der Waals surface area (Å²) in [5, 5.41) is 2.98. The van der Waals surface area contributed by atoms with Crippen LogP contribution in [0.2, 0.25) is 0 Å². The summed E-state index contributed by atoms with van der Waals surface area (Å²) < 4.78 is 73.3. The van der Waals surface area contributed by atoms with E-state index >= 15 is 0 Å². The van der Waals surface area contributed by atoms with Crippen molar-refractivity contribution >= 4 is 17.5 Å². The lowest BCUT2D eigenvalue weighted by Gasteiger charge is -2.36. The second-order valence-corrected chi connectivity index (χ2v) is 7.58. The number of hydrogen-bond acceptors (Lipinski definition) is 5. The van der Waals surface area contributed by atoms with Crippen molar-refractivity contribution < 1.29 is 26.7 Å². The Hall–Kier alpha value is -3.69. The molecule has 3 N–H and O–H groups in total. The van der Waals surface area contributed by atoms with Crippen LogP contribution in [0.25, 0.3) is 11.1 Å². The number of anilines is 2. The Morgan fingerprint density at radius 2 is 1.82 bits per heavy atom. The van der Waals surface area contributed by atoms with E-state index in [0.717, 1.165) is 17.2 Å². The zero-order chi connectivity index (χ0) is 23.6. The minimum atomic E-state index is -4.82. The summed E-state index contributed by atoms with van der Waals surface area (Å²) in [6.07, 6.45) is -6.61. The Kier molecular flexibility index (Phi) is 5.92. The zero-order valence-electron chi connectivity index (χ0n) is 17.1. The fourth-order valence-electron chi connectivity index (χ4n) is 3.70. The number of nitrogens with zero attached hydrogens (tertiary/aromatic N) is 2. The van der Waals surface area contributed by atoms with Gasteiger partial charge in [-0.3, -0.25) is 0 Å². The van der Waals surface area contributed by atoms with Gasteiger partial charge in [0.05, 0.1) is 0 Å². The molecule has 0 fully saturated rings. The van der Waals surface area contributed by atoms with Crippen molar-refractivity contribution in [1.29, 1.82) is 0 Å². The molecule has 0 bridgehead atoms. The first-order chi connectivity index (χ1) is 15.7. The predicted molar refractivity (Wildman–Crippen MR) is 114 cm³/mol. The number of benzene rings is 2. The van der Waals surface area contributed by atoms with E-state index in [1.165, 1.54) is 12.1 Å². The van der Waals surface area contributed by atoms with E-state index in [2.05, 4.69) is 20.0 Å². The van der Waals surface area contributed by atoms with E-state index in [9.17, 15) is 22.0 Å². The van der Waals surface area contributed by atoms with E-state index in [1.54, 1.807) is 12.3 Å². The van der Waals surface area contributed by atoms with Crippen LogP contribution in [0.4, 0.5) is 33.5 Å². The van der Waals surface area contributed by atoms with Crippen molar-refractivity contribution in [2.45, 2.75) is 24.2 Å². The fourth-order valence-corrected chi connectivity index (χ4v) is 3.70. The summed E-state index contributed by atoms with van der Waals surface area (Å²) in [5.74, 6) is -0.505. The number of pyridine rings is 1. The average molecular weight is 462 g/mol. The topological polar surface area (TPSA) is 72.5 Å². The van der Waals surface area contributed by atoms with Gasteiger partial charge in [-0.2, -0.15) is 13.2 Å². The van der Waals surface area contributed by atoms with E-state index in [1.807, 2.05) is 36.4 Å². The predicted octanol–water partition coefficient (Wildman–Crippen LogP) is 5.46. The van der Waals surface area contributed by atoms with Crippen LogP contribution in [0.3, 0.4) is 0 Å². The molecule has 1 aliphatic rings. The second-order valence-electron chi connectivity index (χ2n) is 7.58. The smallest absolute Gasteiger partial charge is 0.425 e. The van der Waals surface area contributed by atoms with Gasteiger partial charge in [-0.25, -0.2) is 18.8 Å². The van der Waals surface area contributed by atoms with Gasteiger partial charge in [-0.1, -0.05) is 30.3 Å². The number of rotatable bonds is 5. The quantitative estimate of drug-likeness (QED) is 0.494. The number of ether oxygens (including phenoxy) is 1. The van der Waals surface area contributed by atoms with Crippen LogP contribution in [0.1, 0.15) is 12.0 Å². The number of hydrogen-bond donors (Lipinski definition) is 2. The van der Waals surface area contributed by atoms with E-state index in [-0.39, 0.29) is 5.56 Å². The summed E-state index contributed by atoms with van der Waals surface area (Å²) >= 11 is 0. The molecule has 4 rings (SSSR count). The van der Waals surface area contributed by atoms with Crippen LogP contribution in [0.15, 0.2) is 71.9 Å². The van der Waals surface area contributed by atoms with Crippen LogP contribution >= 0.6 is 0 Å². The van der Waals surface area contributed by atoms with Gasteiger partial charge >= 0.3 is 6.18 Å². The molecular formula is C23H19F5N4O. The SMILES string of the molecule is NC1=N[C@](CF)(c2cc(Nc3cc(-c4ccccc4)ccn3)ccc2F)C[C@@H](C(F)(F)F)O1. The van der Waals surface area contributed by atoms with Crippen LogP contribution in [-0.4, -0.2) is 30.0 Å². The fraction of sp³-hybridized carbons (Fsp3) is 0.217. The van der Waals surface area contributed by atoms with E-state index < -0.39 is 42.8 Å². The van der Waals surface area contributed by atoms with Gasteiger partial charge in [0.1, 0.15) is 23.8 Å². The molecule has 10 heteroatoms. The van der Waals surface area contributed by atoms with Crippen molar-refractivity contribution in [2.24, 2.45) is 10.7 Å². The standard InChI is InChI=1S/C23H19F5N4O/c24-13-22(12-19(23(26,27)28)33-21(29)32-22)17-11-16(6-7-18(17)25)31-20-10-15(8-9-30-20)14-4-2-1-3-5-14/h1-11,19H,12-13H2,(H2,29,32)(H,30,31)/t19-,22+/m0/s1. The number of nitrogens with two attached hydrogens (primary N) is 1. The van der Waals surface area contributed by atoms with E-state index in [0.29, 0.717) is 11.5 Å². The first kappa shape index (κ1) is 22.5. The molecule has 0 saturated carbocycles. The molecule has 3 aromatic rings. The highest BCUT2D eigenvalue weighted by atomic mass is 19.4. The summed E-state index contributed by atoms with van der Waals surface area (Å²) in [6, 6.07) is 15.8. The molecule has 0 amide bonds. The molecule has 0 spiro atoms. The Morgan fingerprint density at radius 3 is 2.52 bits per heavy atom. The van der Waals surface area contributed by atoms with Crippen molar-refractivity contribution in [3.8, 4) is 11.1 Å². The summed E-state index contributed by atoms with van der Waals surface area (Å²) in [6.45, 7) is -1.40. The molecule has 0 saturated heterocycles. The van der Waals surface area contributed by atoms with Gasteiger partial charge in [0.25, 0.3) is 6.02 Å². The molecule has 1 aromatic heterocycles. The summed E-state index contributed by atoms with van der Waals surface area (Å²) in [7, 11) is 0. The normalized spacial score (nSPS) is 20.6. The Labute approximate surface area is 186 Å². The largest absolute Gasteiger partial charge is 0.452 e. The van der Waals surface area contributed by atoms with Crippen molar-refractivity contribution in [2.75, 3.05) is 12.0 Å². The number of aromatic nitrogens is 1. The lowest BCUT2D eigenvalue weighted by atomic mass is 9.84. The molecule has 33 heavy (non-hydrogen) atoms. The molecule has 0 unspecified atom stereocenters. The van der Waals surface area contributed by atoms with Crippen molar-refractivity contribution in [1.82, 2.24) is 4.98 Å². The number of aliphatic imine (C=N–C) groups is 1. The van der Waals surface area contributed by atoms with Crippen LogP contribution in [-0.2, 0) is 10.3 Å². The molecular weight excluding hydrogens is 443 g/mol. The van der Waals surface area contributed by atoms with Gasteiger partial charge in [0, 0.05) is 23.9 Å². The Morgan fingerprint density at radius 1 is 1.06 bits per heavy atom. The third kappa shape index (κ3) is 4.74. The molecule has 2 heterocycles. The van der Waals surface area contributed by atoms with Crippen molar-refractivity contribution in [3.05, 3.63) is 78.2 Å². The summed E-state index contributed by atoms with van der Waals surface area (Å²) in [5.41, 5.74) is 4.97. The lowest BCUT2D eigenvalue weighted by molar-refractivity contribution is -0.209.